The maximum atomic E-state index is 10.9. The molecule has 0 aliphatic carbocycles. The smallest absolute Gasteiger partial charge is 0.235 e. The van der Waals surface area contributed by atoms with E-state index in [0.717, 1.165) is 34.2 Å². The number of aromatic nitrogens is 3. The highest BCUT2D eigenvalue weighted by Crippen LogP contribution is 2.36. The summed E-state index contributed by atoms with van der Waals surface area (Å²) in [6, 6.07) is 8.24. The van der Waals surface area contributed by atoms with E-state index >= 15 is 0 Å². The van der Waals surface area contributed by atoms with Crippen molar-refractivity contribution in [3.05, 3.63) is 40.5 Å². The molecule has 0 bridgehead atoms. The lowest BCUT2D eigenvalue weighted by Crippen LogP contribution is -3.14. The highest BCUT2D eigenvalue weighted by atomic mass is 32.1. The van der Waals surface area contributed by atoms with Crippen LogP contribution in [0, 0.1) is 18.8 Å². The summed E-state index contributed by atoms with van der Waals surface area (Å²) < 4.78 is 7.03. The van der Waals surface area contributed by atoms with E-state index in [4.69, 9.17) is 4.74 Å². The minimum absolute atomic E-state index is 0.0408. The Hall–Kier alpha value is -2.12. The third-order valence-corrected chi connectivity index (χ3v) is 6.51. The molecule has 144 valence electrons. The van der Waals surface area contributed by atoms with Gasteiger partial charge in [0.1, 0.15) is 16.5 Å². The molecule has 1 fully saturated rings. The first-order valence-corrected chi connectivity index (χ1v) is 10.3. The van der Waals surface area contributed by atoms with Gasteiger partial charge >= 0.3 is 0 Å². The Balaban J connectivity index is 1.83. The van der Waals surface area contributed by atoms with Crippen molar-refractivity contribution in [3.8, 4) is 11.6 Å². The van der Waals surface area contributed by atoms with Crippen LogP contribution in [0.4, 0.5) is 0 Å². The molecule has 7 heteroatoms. The van der Waals surface area contributed by atoms with Gasteiger partial charge in [-0.15, -0.1) is 5.10 Å². The Labute approximate surface area is 163 Å². The van der Waals surface area contributed by atoms with Crippen LogP contribution in [0.1, 0.15) is 42.6 Å². The molecule has 0 unspecified atom stereocenters. The predicted octanol–water partition coefficient (Wildman–Crippen LogP) is 2.46. The Kier molecular flexibility index (Phi) is 4.82. The van der Waals surface area contributed by atoms with E-state index in [0.29, 0.717) is 17.7 Å². The van der Waals surface area contributed by atoms with Crippen LogP contribution in [-0.4, -0.2) is 39.9 Å². The molecule has 2 aromatic heterocycles. The van der Waals surface area contributed by atoms with Gasteiger partial charge in [0.25, 0.3) is 0 Å². The van der Waals surface area contributed by atoms with Gasteiger partial charge in [-0.2, -0.15) is 4.52 Å². The molecule has 6 nitrogen and oxygen atoms in total. The SMILES string of the molecule is COc1cccc([C@H](c2sc3nc(C)nn3c2O)[NH+]2C[C@@H](C)C[C@H](C)C2)c1. The van der Waals surface area contributed by atoms with Crippen LogP contribution in [0.2, 0.25) is 0 Å². The maximum absolute atomic E-state index is 10.9. The number of nitrogens with zero attached hydrogens (tertiary/aromatic N) is 3. The lowest BCUT2D eigenvalue weighted by molar-refractivity contribution is -0.936. The number of quaternary nitrogens is 1. The Morgan fingerprint density at radius 2 is 2.04 bits per heavy atom. The van der Waals surface area contributed by atoms with Crippen LogP contribution < -0.4 is 9.64 Å². The van der Waals surface area contributed by atoms with E-state index in [-0.39, 0.29) is 11.9 Å². The van der Waals surface area contributed by atoms with E-state index < -0.39 is 0 Å². The number of methoxy groups -OCH3 is 1. The summed E-state index contributed by atoms with van der Waals surface area (Å²) in [7, 11) is 1.69. The van der Waals surface area contributed by atoms with Gasteiger partial charge in [0.05, 0.1) is 20.2 Å². The second kappa shape index (κ2) is 7.13. The summed E-state index contributed by atoms with van der Waals surface area (Å²) in [4.78, 5) is 7.60. The first kappa shape index (κ1) is 18.3. The topological polar surface area (TPSA) is 64.1 Å². The van der Waals surface area contributed by atoms with Crippen molar-refractivity contribution in [2.45, 2.75) is 33.2 Å². The molecule has 3 aromatic rings. The number of thiazole rings is 1. The van der Waals surface area contributed by atoms with Gasteiger partial charge in [0.2, 0.25) is 10.8 Å². The number of likely N-dealkylation sites (tertiary alicyclic amines) is 1. The number of hydrogen-bond acceptors (Lipinski definition) is 5. The lowest BCUT2D eigenvalue weighted by atomic mass is 9.89. The van der Waals surface area contributed by atoms with Crippen LogP contribution >= 0.6 is 11.3 Å². The molecular weight excluding hydrogens is 360 g/mol. The van der Waals surface area contributed by atoms with Gasteiger partial charge in [-0.3, -0.25) is 0 Å². The fourth-order valence-corrected chi connectivity index (χ4v) is 5.68. The van der Waals surface area contributed by atoms with Gasteiger partial charge in [-0.25, -0.2) is 4.98 Å². The van der Waals surface area contributed by atoms with Crippen molar-refractivity contribution < 1.29 is 14.7 Å². The molecule has 0 radical (unpaired) electrons. The van der Waals surface area contributed by atoms with E-state index in [1.807, 2.05) is 19.1 Å². The number of benzene rings is 1. The summed E-state index contributed by atoms with van der Waals surface area (Å²) in [5.41, 5.74) is 1.15. The van der Waals surface area contributed by atoms with Gasteiger partial charge in [0, 0.05) is 17.4 Å². The zero-order chi connectivity index (χ0) is 19.1. The molecule has 1 aliphatic heterocycles. The van der Waals surface area contributed by atoms with Crippen LogP contribution in [0.5, 0.6) is 11.6 Å². The fourth-order valence-electron chi connectivity index (χ4n) is 4.50. The number of nitrogens with one attached hydrogen (secondary N) is 1. The monoisotopic (exact) mass is 387 g/mol. The highest BCUT2D eigenvalue weighted by molar-refractivity contribution is 7.17. The second-order valence-corrected chi connectivity index (χ2v) is 8.87. The number of ether oxygens (including phenoxy) is 1. The number of aromatic hydroxyl groups is 1. The van der Waals surface area contributed by atoms with E-state index in [9.17, 15) is 5.11 Å². The second-order valence-electron chi connectivity index (χ2n) is 7.87. The fraction of sp³-hybridized carbons (Fsp3) is 0.500. The maximum Gasteiger partial charge on any atom is 0.235 e. The van der Waals surface area contributed by atoms with E-state index in [1.165, 1.54) is 22.7 Å². The average molecular weight is 388 g/mol. The van der Waals surface area contributed by atoms with Crippen molar-refractivity contribution in [2.24, 2.45) is 11.8 Å². The summed E-state index contributed by atoms with van der Waals surface area (Å²) in [6.07, 6.45) is 1.26. The van der Waals surface area contributed by atoms with Gasteiger partial charge in [0.15, 0.2) is 6.04 Å². The third kappa shape index (κ3) is 3.41. The average Bonchev–Trinajstić information content (AvgIpc) is 3.12. The number of fused-ring (bicyclic) bond motifs is 1. The Bertz CT molecular complexity index is 941. The molecule has 0 amide bonds. The molecule has 1 saturated heterocycles. The highest BCUT2D eigenvalue weighted by Gasteiger charge is 2.37. The van der Waals surface area contributed by atoms with Crippen molar-refractivity contribution in [1.82, 2.24) is 14.6 Å². The first-order valence-electron chi connectivity index (χ1n) is 9.49. The normalized spacial score (nSPS) is 24.2. The predicted molar refractivity (Wildman–Crippen MR) is 106 cm³/mol. The summed E-state index contributed by atoms with van der Waals surface area (Å²) in [5, 5.41) is 15.3. The summed E-state index contributed by atoms with van der Waals surface area (Å²) >= 11 is 1.53. The van der Waals surface area contributed by atoms with Gasteiger partial charge in [-0.05, 0) is 25.5 Å². The summed E-state index contributed by atoms with van der Waals surface area (Å²) in [6.45, 7) is 8.66. The van der Waals surface area contributed by atoms with Crippen LogP contribution in [-0.2, 0) is 0 Å². The molecule has 1 aliphatic rings. The largest absolute Gasteiger partial charge is 0.497 e. The molecule has 3 atom stereocenters. The van der Waals surface area contributed by atoms with Crippen molar-refractivity contribution in [3.63, 3.8) is 0 Å². The van der Waals surface area contributed by atoms with Crippen LogP contribution in [0.25, 0.3) is 4.96 Å². The quantitative estimate of drug-likeness (QED) is 0.722. The number of hydrogen-bond donors (Lipinski definition) is 2. The molecular formula is C20H27N4O2S+. The molecule has 2 N–H and O–H groups in total. The number of piperidine rings is 1. The minimum atomic E-state index is 0.0408. The molecule has 1 aromatic carbocycles. The number of rotatable bonds is 4. The van der Waals surface area contributed by atoms with Crippen molar-refractivity contribution in [1.29, 1.82) is 0 Å². The molecule has 4 rings (SSSR count). The van der Waals surface area contributed by atoms with Crippen LogP contribution in [0.15, 0.2) is 24.3 Å². The zero-order valence-electron chi connectivity index (χ0n) is 16.3. The number of aryl methyl sites for hydroxylation is 1. The third-order valence-electron chi connectivity index (χ3n) is 5.43. The molecule has 0 saturated carbocycles. The lowest BCUT2D eigenvalue weighted by Gasteiger charge is -2.37. The standard InChI is InChI=1S/C20H26N4O2S/c1-12-8-13(2)11-23(10-12)17(15-6-5-7-16(9-15)26-4)18-19(25)24-20(27-18)21-14(3)22-24/h5-7,9,12-13,17,25H,8,10-11H2,1-4H3/p+1/t12-,13-,17+/m0/s1. The van der Waals surface area contributed by atoms with Crippen molar-refractivity contribution >= 4 is 16.3 Å². The zero-order valence-corrected chi connectivity index (χ0v) is 17.1. The minimum Gasteiger partial charge on any atom is -0.497 e. The Morgan fingerprint density at radius 3 is 2.70 bits per heavy atom. The molecule has 3 heterocycles. The van der Waals surface area contributed by atoms with Gasteiger partial charge in [-0.1, -0.05) is 37.3 Å². The van der Waals surface area contributed by atoms with E-state index in [1.54, 1.807) is 11.6 Å². The first-order chi connectivity index (χ1) is 13.0. The molecule has 0 spiro atoms. The Morgan fingerprint density at radius 1 is 1.30 bits per heavy atom. The van der Waals surface area contributed by atoms with Crippen LogP contribution in [0.3, 0.4) is 0 Å². The molecule has 27 heavy (non-hydrogen) atoms. The van der Waals surface area contributed by atoms with E-state index in [2.05, 4.69) is 36.1 Å². The summed E-state index contributed by atoms with van der Waals surface area (Å²) in [5.74, 6) is 3.03. The van der Waals surface area contributed by atoms with Crippen molar-refractivity contribution in [2.75, 3.05) is 20.2 Å². The van der Waals surface area contributed by atoms with Gasteiger partial charge < -0.3 is 14.7 Å².